The number of benzene rings is 1. The number of anilines is 1. The molecular formula is C19H23N3O6. The molecule has 0 bridgehead atoms. The van der Waals surface area contributed by atoms with E-state index in [0.29, 0.717) is 24.1 Å². The van der Waals surface area contributed by atoms with E-state index in [1.807, 2.05) is 0 Å². The molecule has 0 spiro atoms. The van der Waals surface area contributed by atoms with Gasteiger partial charge in [-0.3, -0.25) is 24.1 Å². The minimum Gasteiger partial charge on any atom is -0.454 e. The van der Waals surface area contributed by atoms with E-state index >= 15 is 0 Å². The predicted molar refractivity (Wildman–Crippen MR) is 99.6 cm³/mol. The first kappa shape index (κ1) is 21.1. The molecule has 0 unspecified atom stereocenters. The van der Waals surface area contributed by atoms with Gasteiger partial charge in [0.15, 0.2) is 12.4 Å². The molecule has 2 N–H and O–H groups in total. The van der Waals surface area contributed by atoms with Crippen molar-refractivity contribution in [2.75, 3.05) is 18.5 Å². The van der Waals surface area contributed by atoms with Gasteiger partial charge in [0.2, 0.25) is 0 Å². The molecule has 1 saturated heterocycles. The summed E-state index contributed by atoms with van der Waals surface area (Å²) in [6, 6.07) is 5.59. The zero-order valence-electron chi connectivity index (χ0n) is 16.0. The highest BCUT2D eigenvalue weighted by Gasteiger charge is 2.49. The number of nitrogens with one attached hydrogen (secondary N) is 2. The molecule has 2 rings (SSSR count). The number of rotatable bonds is 8. The lowest BCUT2D eigenvalue weighted by Crippen LogP contribution is -2.46. The van der Waals surface area contributed by atoms with Crippen LogP contribution < -0.4 is 10.6 Å². The topological polar surface area (TPSA) is 122 Å². The van der Waals surface area contributed by atoms with Crippen LogP contribution in [0.25, 0.3) is 0 Å². The van der Waals surface area contributed by atoms with E-state index in [4.69, 9.17) is 4.74 Å². The monoisotopic (exact) mass is 389 g/mol. The minimum absolute atomic E-state index is 0.0949. The Labute approximate surface area is 162 Å². The van der Waals surface area contributed by atoms with Gasteiger partial charge >= 0.3 is 12.0 Å². The van der Waals surface area contributed by atoms with Crippen molar-refractivity contribution < 1.29 is 28.7 Å². The van der Waals surface area contributed by atoms with E-state index in [-0.39, 0.29) is 5.78 Å². The standard InChI is InChI=1S/C19H23N3O6/c1-4-19(5-2)17(26)22(18(27)21-19)10-16(25)28-11-15(24)20-14-8-6-13(7-9-14)12(3)23/h6-9H,4-5,10-11H2,1-3H3,(H,20,24)(H,21,27). The van der Waals surface area contributed by atoms with E-state index in [1.165, 1.54) is 6.92 Å². The largest absolute Gasteiger partial charge is 0.454 e. The number of nitrogens with zero attached hydrogens (tertiary/aromatic N) is 1. The van der Waals surface area contributed by atoms with Gasteiger partial charge in [-0.05, 0) is 44.0 Å². The fraction of sp³-hybridized carbons (Fsp3) is 0.421. The number of ether oxygens (including phenoxy) is 1. The van der Waals surface area contributed by atoms with Gasteiger partial charge in [-0.15, -0.1) is 0 Å². The third-order valence-corrected chi connectivity index (χ3v) is 4.68. The Kier molecular flexibility index (Phi) is 6.50. The zero-order chi connectivity index (χ0) is 20.9. The summed E-state index contributed by atoms with van der Waals surface area (Å²) in [5.74, 6) is -2.02. The lowest BCUT2D eigenvalue weighted by Gasteiger charge is -2.22. The van der Waals surface area contributed by atoms with Crippen molar-refractivity contribution in [1.29, 1.82) is 0 Å². The molecule has 4 amide bonds. The summed E-state index contributed by atoms with van der Waals surface area (Å²) in [7, 11) is 0. The molecular weight excluding hydrogens is 366 g/mol. The Bertz CT molecular complexity index is 798. The molecule has 0 atom stereocenters. The van der Waals surface area contributed by atoms with Gasteiger partial charge in [-0.25, -0.2) is 4.79 Å². The van der Waals surface area contributed by atoms with Gasteiger partial charge in [0.05, 0.1) is 0 Å². The summed E-state index contributed by atoms with van der Waals surface area (Å²) in [5, 5.41) is 5.13. The number of hydrogen-bond donors (Lipinski definition) is 2. The van der Waals surface area contributed by atoms with Crippen molar-refractivity contribution >= 4 is 35.3 Å². The SMILES string of the molecule is CCC1(CC)NC(=O)N(CC(=O)OCC(=O)Nc2ccc(C(C)=O)cc2)C1=O. The molecule has 1 fully saturated rings. The number of Topliss-reactive ketones (excluding diaryl/α,β-unsaturated/α-hetero) is 1. The first-order valence-corrected chi connectivity index (χ1v) is 8.93. The molecule has 1 aliphatic heterocycles. The second-order valence-electron chi connectivity index (χ2n) is 6.45. The molecule has 0 aliphatic carbocycles. The number of imide groups is 1. The average molecular weight is 389 g/mol. The van der Waals surface area contributed by atoms with Crippen LogP contribution in [-0.4, -0.2) is 53.2 Å². The van der Waals surface area contributed by atoms with Crippen LogP contribution >= 0.6 is 0 Å². The van der Waals surface area contributed by atoms with Crippen molar-refractivity contribution in [3.63, 3.8) is 0 Å². The Hall–Kier alpha value is -3.23. The highest BCUT2D eigenvalue weighted by Crippen LogP contribution is 2.24. The summed E-state index contributed by atoms with van der Waals surface area (Å²) in [5.41, 5.74) is -0.0510. The molecule has 9 heteroatoms. The minimum atomic E-state index is -0.999. The lowest BCUT2D eigenvalue weighted by molar-refractivity contribution is -0.150. The maximum Gasteiger partial charge on any atom is 0.326 e. The Balaban J connectivity index is 1.85. The van der Waals surface area contributed by atoms with Crippen molar-refractivity contribution in [1.82, 2.24) is 10.2 Å². The van der Waals surface area contributed by atoms with Crippen LogP contribution in [0.1, 0.15) is 44.0 Å². The Morgan fingerprint density at radius 3 is 2.21 bits per heavy atom. The van der Waals surface area contributed by atoms with E-state index in [2.05, 4.69) is 10.6 Å². The van der Waals surface area contributed by atoms with Crippen molar-refractivity contribution in [2.24, 2.45) is 0 Å². The van der Waals surface area contributed by atoms with Gasteiger partial charge in [0, 0.05) is 11.3 Å². The normalized spacial score (nSPS) is 15.2. The smallest absolute Gasteiger partial charge is 0.326 e. The fourth-order valence-corrected chi connectivity index (χ4v) is 2.86. The van der Waals surface area contributed by atoms with Crippen molar-refractivity contribution in [3.05, 3.63) is 29.8 Å². The fourth-order valence-electron chi connectivity index (χ4n) is 2.86. The highest BCUT2D eigenvalue weighted by molar-refractivity contribution is 6.08. The second kappa shape index (κ2) is 8.64. The molecule has 1 aliphatic rings. The third-order valence-electron chi connectivity index (χ3n) is 4.68. The number of hydrogen-bond acceptors (Lipinski definition) is 6. The van der Waals surface area contributed by atoms with E-state index < -0.39 is 42.5 Å². The quantitative estimate of drug-likeness (QED) is 0.395. The molecule has 28 heavy (non-hydrogen) atoms. The molecule has 0 saturated carbocycles. The van der Waals surface area contributed by atoms with Crippen molar-refractivity contribution in [2.45, 2.75) is 39.2 Å². The summed E-state index contributed by atoms with van der Waals surface area (Å²) in [4.78, 5) is 60.3. The molecule has 0 radical (unpaired) electrons. The summed E-state index contributed by atoms with van der Waals surface area (Å²) in [6.07, 6.45) is 0.814. The van der Waals surface area contributed by atoms with Gasteiger partial charge in [-0.2, -0.15) is 0 Å². The second-order valence-corrected chi connectivity index (χ2v) is 6.45. The highest BCUT2D eigenvalue weighted by atomic mass is 16.5. The number of urea groups is 1. The summed E-state index contributed by atoms with van der Waals surface area (Å²) >= 11 is 0. The molecule has 1 aromatic carbocycles. The van der Waals surface area contributed by atoms with Crippen LogP contribution in [0.4, 0.5) is 10.5 Å². The molecule has 150 valence electrons. The van der Waals surface area contributed by atoms with E-state index in [9.17, 15) is 24.0 Å². The van der Waals surface area contributed by atoms with Gasteiger partial charge < -0.3 is 15.4 Å². The molecule has 9 nitrogen and oxygen atoms in total. The average Bonchev–Trinajstić information content (AvgIpc) is 2.91. The molecule has 1 aromatic rings. The number of amides is 4. The van der Waals surface area contributed by atoms with Crippen LogP contribution in [0.2, 0.25) is 0 Å². The lowest BCUT2D eigenvalue weighted by atomic mass is 9.93. The predicted octanol–water partition coefficient (Wildman–Crippen LogP) is 1.48. The summed E-state index contributed by atoms with van der Waals surface area (Å²) in [6.45, 7) is 3.85. The van der Waals surface area contributed by atoms with Crippen molar-refractivity contribution in [3.8, 4) is 0 Å². The molecule has 0 aromatic heterocycles. The third kappa shape index (κ3) is 4.54. The van der Waals surface area contributed by atoms with Gasteiger partial charge in [0.25, 0.3) is 11.8 Å². The zero-order valence-corrected chi connectivity index (χ0v) is 16.0. The van der Waals surface area contributed by atoms with Crippen LogP contribution in [-0.2, 0) is 19.1 Å². The number of ketones is 1. The maximum absolute atomic E-state index is 12.4. The maximum atomic E-state index is 12.4. The number of carbonyl (C=O) groups excluding carboxylic acids is 5. The van der Waals surface area contributed by atoms with E-state index in [1.54, 1.807) is 38.1 Å². The van der Waals surface area contributed by atoms with Gasteiger partial charge in [-0.1, -0.05) is 13.8 Å². The first-order valence-electron chi connectivity index (χ1n) is 8.93. The Morgan fingerprint density at radius 2 is 1.71 bits per heavy atom. The summed E-state index contributed by atoms with van der Waals surface area (Å²) < 4.78 is 4.85. The van der Waals surface area contributed by atoms with Gasteiger partial charge in [0.1, 0.15) is 12.1 Å². The number of esters is 1. The van der Waals surface area contributed by atoms with Crippen LogP contribution in [0.3, 0.4) is 0 Å². The first-order chi connectivity index (χ1) is 13.2. The number of carbonyl (C=O) groups is 5. The van der Waals surface area contributed by atoms with E-state index in [0.717, 1.165) is 4.90 Å². The Morgan fingerprint density at radius 1 is 1.11 bits per heavy atom. The molecule has 1 heterocycles. The van der Waals surface area contributed by atoms with Crippen LogP contribution in [0.15, 0.2) is 24.3 Å². The van der Waals surface area contributed by atoms with Crippen LogP contribution in [0.5, 0.6) is 0 Å². The van der Waals surface area contributed by atoms with Crippen LogP contribution in [0, 0.1) is 0 Å².